The normalized spacial score (nSPS) is 17.4. The van der Waals surface area contributed by atoms with Gasteiger partial charge < -0.3 is 10.1 Å². The number of anilines is 1. The molecule has 1 amide bonds. The van der Waals surface area contributed by atoms with Crippen LogP contribution in [0, 0.1) is 0 Å². The van der Waals surface area contributed by atoms with Crippen LogP contribution in [0.4, 0.5) is 5.69 Å². The minimum Gasteiger partial charge on any atom is -0.497 e. The largest absolute Gasteiger partial charge is 0.497 e. The third-order valence-corrected chi connectivity index (χ3v) is 5.27. The molecule has 2 aromatic carbocycles. The van der Waals surface area contributed by atoms with Gasteiger partial charge in [-0.05, 0) is 61.5 Å². The van der Waals surface area contributed by atoms with Crippen LogP contribution < -0.4 is 10.1 Å². The van der Waals surface area contributed by atoms with Crippen molar-refractivity contribution in [3.05, 3.63) is 54.1 Å². The summed E-state index contributed by atoms with van der Waals surface area (Å²) in [4.78, 5) is 15.9. The van der Waals surface area contributed by atoms with E-state index in [4.69, 9.17) is 4.74 Å². The van der Waals surface area contributed by atoms with E-state index in [9.17, 15) is 4.79 Å². The average molecular weight is 356 g/mol. The van der Waals surface area contributed by atoms with Crippen LogP contribution in [0.5, 0.6) is 5.75 Å². The number of benzene rings is 2. The molecule has 1 aliphatic rings. The van der Waals surface area contributed by atoms with Crippen LogP contribution in [0.15, 0.2) is 53.4 Å². The molecule has 0 saturated carbocycles. The van der Waals surface area contributed by atoms with E-state index in [1.807, 2.05) is 42.7 Å². The first-order chi connectivity index (χ1) is 12.2. The smallest absolute Gasteiger partial charge is 0.238 e. The lowest BCUT2D eigenvalue weighted by molar-refractivity contribution is -0.117. The van der Waals surface area contributed by atoms with Crippen LogP contribution in [0.1, 0.15) is 24.4 Å². The first-order valence-corrected chi connectivity index (χ1v) is 9.74. The molecule has 1 aliphatic heterocycles. The number of hydrogen-bond donors (Lipinski definition) is 1. The molecule has 1 N–H and O–H groups in total. The van der Waals surface area contributed by atoms with Crippen molar-refractivity contribution in [2.45, 2.75) is 23.8 Å². The molecule has 3 rings (SSSR count). The predicted molar refractivity (Wildman–Crippen MR) is 103 cm³/mol. The molecule has 0 radical (unpaired) electrons. The number of likely N-dealkylation sites (tertiary alicyclic amines) is 1. The molecule has 1 fully saturated rings. The molecule has 1 saturated heterocycles. The summed E-state index contributed by atoms with van der Waals surface area (Å²) in [5.41, 5.74) is 2.07. The van der Waals surface area contributed by atoms with Gasteiger partial charge in [-0.1, -0.05) is 18.2 Å². The van der Waals surface area contributed by atoms with Crippen LogP contribution in [-0.2, 0) is 4.79 Å². The summed E-state index contributed by atoms with van der Waals surface area (Å²) < 4.78 is 5.33. The number of nitrogens with zero attached hydrogens (tertiary/aromatic N) is 1. The zero-order chi connectivity index (χ0) is 17.6. The Morgan fingerprint density at radius 3 is 2.92 bits per heavy atom. The summed E-state index contributed by atoms with van der Waals surface area (Å²) in [5.74, 6) is 0.899. The van der Waals surface area contributed by atoms with Gasteiger partial charge in [0, 0.05) is 16.6 Å². The summed E-state index contributed by atoms with van der Waals surface area (Å²) >= 11 is 1.67. The standard InChI is InChI=1S/C20H24N2O2S/c1-24-17-8-3-6-15(12-17)19-10-5-11-22(19)14-20(23)21-16-7-4-9-18(13-16)25-2/h3-4,6-9,12-13,19H,5,10-11,14H2,1-2H3,(H,21,23). The number of carbonyl (C=O) groups is 1. The minimum absolute atomic E-state index is 0.0352. The summed E-state index contributed by atoms with van der Waals surface area (Å²) in [6.45, 7) is 1.35. The van der Waals surface area contributed by atoms with Crippen molar-refractivity contribution < 1.29 is 9.53 Å². The van der Waals surface area contributed by atoms with E-state index >= 15 is 0 Å². The van der Waals surface area contributed by atoms with E-state index in [2.05, 4.69) is 22.3 Å². The highest BCUT2D eigenvalue weighted by molar-refractivity contribution is 7.98. The van der Waals surface area contributed by atoms with Gasteiger partial charge in [-0.2, -0.15) is 0 Å². The summed E-state index contributed by atoms with van der Waals surface area (Å²) in [6.07, 6.45) is 4.21. The van der Waals surface area contributed by atoms with Gasteiger partial charge in [0.25, 0.3) is 0 Å². The molecular weight excluding hydrogens is 332 g/mol. The fraction of sp³-hybridized carbons (Fsp3) is 0.350. The second-order valence-corrected chi connectivity index (χ2v) is 7.06. The number of carbonyl (C=O) groups excluding carboxylic acids is 1. The van der Waals surface area contributed by atoms with Gasteiger partial charge in [0.1, 0.15) is 5.75 Å². The van der Waals surface area contributed by atoms with Crippen molar-refractivity contribution in [1.82, 2.24) is 4.90 Å². The van der Waals surface area contributed by atoms with E-state index in [0.29, 0.717) is 6.54 Å². The number of ether oxygens (including phenoxy) is 1. The number of thioether (sulfide) groups is 1. The molecule has 0 spiro atoms. The molecule has 25 heavy (non-hydrogen) atoms. The fourth-order valence-electron chi connectivity index (χ4n) is 3.33. The maximum absolute atomic E-state index is 12.5. The Balaban J connectivity index is 1.65. The number of methoxy groups -OCH3 is 1. The molecule has 132 valence electrons. The van der Waals surface area contributed by atoms with E-state index in [1.165, 1.54) is 5.56 Å². The van der Waals surface area contributed by atoms with E-state index in [0.717, 1.165) is 35.7 Å². The van der Waals surface area contributed by atoms with Crippen LogP contribution in [0.3, 0.4) is 0 Å². The molecule has 0 bridgehead atoms. The molecule has 2 aromatic rings. The molecule has 1 heterocycles. The van der Waals surface area contributed by atoms with Gasteiger partial charge in [-0.15, -0.1) is 11.8 Å². The van der Waals surface area contributed by atoms with Gasteiger partial charge in [-0.25, -0.2) is 0 Å². The predicted octanol–water partition coefficient (Wildman–Crippen LogP) is 4.19. The summed E-state index contributed by atoms with van der Waals surface area (Å²) in [5, 5.41) is 3.02. The lowest BCUT2D eigenvalue weighted by atomic mass is 10.0. The topological polar surface area (TPSA) is 41.6 Å². The van der Waals surface area contributed by atoms with Crippen molar-refractivity contribution >= 4 is 23.4 Å². The molecule has 1 atom stereocenters. The maximum Gasteiger partial charge on any atom is 0.238 e. The average Bonchev–Trinajstić information content (AvgIpc) is 3.09. The summed E-state index contributed by atoms with van der Waals surface area (Å²) in [7, 11) is 1.68. The van der Waals surface area contributed by atoms with Crippen molar-refractivity contribution in [3.8, 4) is 5.75 Å². The zero-order valence-electron chi connectivity index (χ0n) is 14.7. The van der Waals surface area contributed by atoms with E-state index < -0.39 is 0 Å². The van der Waals surface area contributed by atoms with Gasteiger partial charge >= 0.3 is 0 Å². The Kier molecular flexibility index (Phi) is 6.00. The Labute approximate surface area is 153 Å². The first-order valence-electron chi connectivity index (χ1n) is 8.51. The number of nitrogens with one attached hydrogen (secondary N) is 1. The van der Waals surface area contributed by atoms with Crippen LogP contribution in [0.25, 0.3) is 0 Å². The number of hydrogen-bond acceptors (Lipinski definition) is 4. The zero-order valence-corrected chi connectivity index (χ0v) is 15.5. The number of amides is 1. The molecule has 1 unspecified atom stereocenters. The highest BCUT2D eigenvalue weighted by Gasteiger charge is 2.27. The van der Waals surface area contributed by atoms with Crippen molar-refractivity contribution in [3.63, 3.8) is 0 Å². The Hall–Kier alpha value is -1.98. The van der Waals surface area contributed by atoms with Crippen molar-refractivity contribution in [1.29, 1.82) is 0 Å². The highest BCUT2D eigenvalue weighted by atomic mass is 32.2. The maximum atomic E-state index is 12.5. The number of rotatable bonds is 6. The molecular formula is C20H24N2O2S. The Morgan fingerprint density at radius 2 is 2.12 bits per heavy atom. The van der Waals surface area contributed by atoms with Gasteiger partial charge in [-0.3, -0.25) is 9.69 Å². The van der Waals surface area contributed by atoms with E-state index in [1.54, 1.807) is 18.9 Å². The van der Waals surface area contributed by atoms with Crippen LogP contribution in [-0.4, -0.2) is 37.3 Å². The highest BCUT2D eigenvalue weighted by Crippen LogP contribution is 2.33. The molecule has 0 aromatic heterocycles. The first kappa shape index (κ1) is 17.8. The lowest BCUT2D eigenvalue weighted by Crippen LogP contribution is -2.32. The Bertz CT molecular complexity index is 735. The summed E-state index contributed by atoms with van der Waals surface area (Å²) in [6, 6.07) is 16.4. The third-order valence-electron chi connectivity index (χ3n) is 4.54. The SMILES string of the molecule is COc1cccc(C2CCCN2CC(=O)Nc2cccc(SC)c2)c1. The van der Waals surface area contributed by atoms with Gasteiger partial charge in [0.2, 0.25) is 5.91 Å². The van der Waals surface area contributed by atoms with E-state index in [-0.39, 0.29) is 11.9 Å². The quantitative estimate of drug-likeness (QED) is 0.788. The van der Waals surface area contributed by atoms with Crippen LogP contribution in [0.2, 0.25) is 0 Å². The minimum atomic E-state index is 0.0352. The third kappa shape index (κ3) is 4.55. The molecule has 5 heteroatoms. The fourth-order valence-corrected chi connectivity index (χ4v) is 3.79. The molecule has 4 nitrogen and oxygen atoms in total. The lowest BCUT2D eigenvalue weighted by Gasteiger charge is -2.24. The van der Waals surface area contributed by atoms with Gasteiger partial charge in [0.05, 0.1) is 13.7 Å². The van der Waals surface area contributed by atoms with Crippen molar-refractivity contribution in [2.24, 2.45) is 0 Å². The monoisotopic (exact) mass is 356 g/mol. The van der Waals surface area contributed by atoms with Gasteiger partial charge in [0.15, 0.2) is 0 Å². The Morgan fingerprint density at radius 1 is 1.28 bits per heavy atom. The second-order valence-electron chi connectivity index (χ2n) is 6.19. The molecule has 0 aliphatic carbocycles. The van der Waals surface area contributed by atoms with Crippen molar-refractivity contribution in [2.75, 3.05) is 31.8 Å². The second kappa shape index (κ2) is 8.41. The van der Waals surface area contributed by atoms with Crippen LogP contribution >= 0.6 is 11.8 Å².